The molecule has 176 valence electrons. The minimum Gasteiger partial charge on any atom is -0.496 e. The quantitative estimate of drug-likeness (QED) is 0.463. The lowest BCUT2D eigenvalue weighted by atomic mass is 10.0. The maximum absolute atomic E-state index is 15.2. The van der Waals surface area contributed by atoms with E-state index in [2.05, 4.69) is 15.1 Å². The molecule has 1 aliphatic heterocycles. The van der Waals surface area contributed by atoms with Crippen molar-refractivity contribution in [2.45, 2.75) is 26.0 Å². The fraction of sp³-hybridized carbons (Fsp3) is 0.333. The molecule has 4 aromatic rings. The molecule has 2 atom stereocenters. The fourth-order valence-electron chi connectivity index (χ4n) is 4.73. The van der Waals surface area contributed by atoms with Crippen LogP contribution in [0, 0.1) is 6.92 Å². The number of hydrogen-bond donors (Lipinski definition) is 0. The Labute approximate surface area is 194 Å². The van der Waals surface area contributed by atoms with Crippen LogP contribution in [0.4, 0.5) is 4.39 Å². The van der Waals surface area contributed by atoms with Crippen molar-refractivity contribution in [3.05, 3.63) is 46.5 Å². The first-order valence-electron chi connectivity index (χ1n) is 10.8. The third-order valence-electron chi connectivity index (χ3n) is 6.38. The monoisotopic (exact) mass is 464 g/mol. The van der Waals surface area contributed by atoms with Crippen molar-refractivity contribution >= 4 is 33.8 Å². The number of dihydropyridines is 1. The molecule has 1 aromatic carbocycles. The number of ether oxygens (including phenoxy) is 2. The highest BCUT2D eigenvalue weighted by molar-refractivity contribution is 6.07. The van der Waals surface area contributed by atoms with Crippen LogP contribution < -0.4 is 10.4 Å². The van der Waals surface area contributed by atoms with Crippen molar-refractivity contribution in [3.8, 4) is 16.9 Å². The van der Waals surface area contributed by atoms with Crippen molar-refractivity contribution in [2.24, 2.45) is 19.1 Å². The molecule has 0 bridgehead atoms. The molecule has 0 N–H and O–H groups in total. The van der Waals surface area contributed by atoms with E-state index in [1.165, 1.54) is 16.2 Å². The third kappa shape index (κ3) is 3.09. The standard InChI is InChI=1S/C24H25FN6O3/c1-12-16(11-29(3)28-12)14-7-15-18(8-20(14)33-5)27-10-19-21(15)31(24(32)30(19)4)22-17(25)9-26-13(2)23(22)34-6/h7-11,13,23H,1-6H3. The summed E-state index contributed by atoms with van der Waals surface area (Å²) in [6.45, 7) is 3.74. The number of nitrogens with zero attached hydrogens (tertiary/aromatic N) is 6. The summed E-state index contributed by atoms with van der Waals surface area (Å²) >= 11 is 0. The number of benzene rings is 1. The van der Waals surface area contributed by atoms with Crippen LogP contribution in [0.3, 0.4) is 0 Å². The Morgan fingerprint density at radius 2 is 1.91 bits per heavy atom. The van der Waals surface area contributed by atoms with Gasteiger partial charge in [0.05, 0.1) is 53.5 Å². The second kappa shape index (κ2) is 7.91. The first-order valence-corrected chi connectivity index (χ1v) is 10.8. The molecular weight excluding hydrogens is 439 g/mol. The maximum atomic E-state index is 15.2. The van der Waals surface area contributed by atoms with E-state index < -0.39 is 17.6 Å². The van der Waals surface area contributed by atoms with Crippen LogP contribution in [0.5, 0.6) is 5.75 Å². The number of methoxy groups -OCH3 is 2. The van der Waals surface area contributed by atoms with Gasteiger partial charge in [0.25, 0.3) is 0 Å². The number of pyridine rings is 1. The second-order valence-corrected chi connectivity index (χ2v) is 8.45. The zero-order chi connectivity index (χ0) is 24.3. The number of hydrogen-bond acceptors (Lipinski definition) is 6. The van der Waals surface area contributed by atoms with Gasteiger partial charge in [0.2, 0.25) is 0 Å². The summed E-state index contributed by atoms with van der Waals surface area (Å²) in [5.41, 5.74) is 3.98. The average Bonchev–Trinajstić information content (AvgIpc) is 3.29. The minimum atomic E-state index is -0.727. The van der Waals surface area contributed by atoms with Crippen LogP contribution in [0.1, 0.15) is 12.6 Å². The topological polar surface area (TPSA) is 88.5 Å². The van der Waals surface area contributed by atoms with Gasteiger partial charge >= 0.3 is 5.69 Å². The van der Waals surface area contributed by atoms with E-state index in [1.807, 2.05) is 39.2 Å². The first-order chi connectivity index (χ1) is 16.3. The summed E-state index contributed by atoms with van der Waals surface area (Å²) < 4.78 is 31.1. The van der Waals surface area contributed by atoms with Crippen molar-refractivity contribution in [3.63, 3.8) is 0 Å². The Bertz CT molecular complexity index is 1580. The summed E-state index contributed by atoms with van der Waals surface area (Å²) in [7, 11) is 6.58. The molecule has 4 heterocycles. The molecule has 9 nitrogen and oxygen atoms in total. The van der Waals surface area contributed by atoms with Gasteiger partial charge in [0, 0.05) is 50.0 Å². The first kappa shape index (κ1) is 22.0. The van der Waals surface area contributed by atoms with Gasteiger partial charge in [-0.05, 0) is 19.9 Å². The summed E-state index contributed by atoms with van der Waals surface area (Å²) in [6, 6.07) is 3.38. The molecule has 0 amide bonds. The number of allylic oxidation sites excluding steroid dienone is 1. The highest BCUT2D eigenvalue weighted by atomic mass is 19.1. The molecule has 1 aliphatic rings. The van der Waals surface area contributed by atoms with Crippen molar-refractivity contribution in [1.82, 2.24) is 23.9 Å². The maximum Gasteiger partial charge on any atom is 0.333 e. The summed E-state index contributed by atoms with van der Waals surface area (Å²) in [5.74, 6) is 0.0141. The Hall–Kier alpha value is -3.79. The van der Waals surface area contributed by atoms with Crippen molar-refractivity contribution < 1.29 is 13.9 Å². The lowest BCUT2D eigenvalue weighted by molar-refractivity contribution is 0.125. The lowest BCUT2D eigenvalue weighted by Crippen LogP contribution is -2.35. The Kier molecular flexibility index (Phi) is 5.12. The molecule has 0 saturated carbocycles. The highest BCUT2D eigenvalue weighted by Gasteiger charge is 2.32. The van der Waals surface area contributed by atoms with Crippen LogP contribution in [-0.4, -0.2) is 56.5 Å². The summed E-state index contributed by atoms with van der Waals surface area (Å²) in [6.07, 6.45) is 3.95. The van der Waals surface area contributed by atoms with E-state index in [4.69, 9.17) is 9.47 Å². The Morgan fingerprint density at radius 1 is 1.15 bits per heavy atom. The van der Waals surface area contributed by atoms with Gasteiger partial charge < -0.3 is 9.47 Å². The van der Waals surface area contributed by atoms with E-state index in [9.17, 15) is 4.79 Å². The Morgan fingerprint density at radius 3 is 2.56 bits per heavy atom. The molecule has 3 aromatic heterocycles. The van der Waals surface area contributed by atoms with Crippen LogP contribution in [0.15, 0.2) is 40.1 Å². The Balaban J connectivity index is 1.93. The zero-order valence-electron chi connectivity index (χ0n) is 19.8. The third-order valence-corrected chi connectivity index (χ3v) is 6.38. The predicted octanol–water partition coefficient (Wildman–Crippen LogP) is 3.23. The number of aryl methyl sites for hydroxylation is 3. The molecule has 5 rings (SSSR count). The van der Waals surface area contributed by atoms with Crippen LogP contribution >= 0.6 is 0 Å². The van der Waals surface area contributed by atoms with E-state index in [0.717, 1.165) is 23.0 Å². The van der Waals surface area contributed by atoms with Gasteiger partial charge in [0.1, 0.15) is 11.9 Å². The number of fused-ring (bicyclic) bond motifs is 3. The minimum absolute atomic E-state index is 0.128. The van der Waals surface area contributed by atoms with Crippen LogP contribution in [0.2, 0.25) is 0 Å². The highest BCUT2D eigenvalue weighted by Crippen LogP contribution is 2.38. The predicted molar refractivity (Wildman–Crippen MR) is 129 cm³/mol. The van der Waals surface area contributed by atoms with E-state index in [-0.39, 0.29) is 11.7 Å². The molecule has 0 spiro atoms. The number of aromatic nitrogens is 5. The normalized spacial score (nSPS) is 18.4. The number of aliphatic imine (C=N–C) groups is 1. The lowest BCUT2D eigenvalue weighted by Gasteiger charge is -2.26. The zero-order valence-corrected chi connectivity index (χ0v) is 19.8. The van der Waals surface area contributed by atoms with Gasteiger partial charge in [-0.25, -0.2) is 9.18 Å². The number of rotatable bonds is 4. The molecule has 0 fully saturated rings. The van der Waals surface area contributed by atoms with Gasteiger partial charge in [-0.3, -0.25) is 23.8 Å². The molecule has 0 radical (unpaired) electrons. The molecule has 0 aliphatic carbocycles. The molecule has 2 unspecified atom stereocenters. The summed E-state index contributed by atoms with van der Waals surface area (Å²) in [5, 5.41) is 5.13. The molecule has 34 heavy (non-hydrogen) atoms. The van der Waals surface area contributed by atoms with Gasteiger partial charge in [0.15, 0.2) is 5.83 Å². The molecule has 10 heteroatoms. The summed E-state index contributed by atoms with van der Waals surface area (Å²) in [4.78, 5) is 22.2. The smallest absolute Gasteiger partial charge is 0.333 e. The van der Waals surface area contributed by atoms with Gasteiger partial charge in [-0.15, -0.1) is 0 Å². The van der Waals surface area contributed by atoms with E-state index >= 15 is 4.39 Å². The SMILES string of the molecule is COc1cc2ncc3c(c2cc1-c1cn(C)nc1C)n(C1=C(F)C=NC(C)C1OC)c(=O)n3C. The van der Waals surface area contributed by atoms with Gasteiger partial charge in [-0.2, -0.15) is 5.10 Å². The van der Waals surface area contributed by atoms with Crippen LogP contribution in [-0.2, 0) is 18.8 Å². The number of halogens is 1. The molecule has 0 saturated heterocycles. The van der Waals surface area contributed by atoms with E-state index in [0.29, 0.717) is 27.7 Å². The second-order valence-electron chi connectivity index (χ2n) is 8.45. The molecular formula is C24H25FN6O3. The van der Waals surface area contributed by atoms with Crippen LogP contribution in [0.25, 0.3) is 38.8 Å². The van der Waals surface area contributed by atoms with Crippen molar-refractivity contribution in [2.75, 3.05) is 14.2 Å². The van der Waals surface area contributed by atoms with E-state index in [1.54, 1.807) is 25.0 Å². The van der Waals surface area contributed by atoms with Crippen molar-refractivity contribution in [1.29, 1.82) is 0 Å². The largest absolute Gasteiger partial charge is 0.496 e. The van der Waals surface area contributed by atoms with Gasteiger partial charge in [-0.1, -0.05) is 0 Å². The average molecular weight is 465 g/mol. The fourth-order valence-corrected chi connectivity index (χ4v) is 4.73. The number of imidazole rings is 1.